The Hall–Kier alpha value is -2.27. The lowest BCUT2D eigenvalue weighted by molar-refractivity contribution is 0.0976. The van der Waals surface area contributed by atoms with E-state index < -0.39 is 5.60 Å². The first-order valence-electron chi connectivity index (χ1n) is 8.80. The Morgan fingerprint density at radius 3 is 2.84 bits per heavy atom. The summed E-state index contributed by atoms with van der Waals surface area (Å²) in [5, 5.41) is 11.5. The van der Waals surface area contributed by atoms with Crippen LogP contribution >= 0.6 is 0 Å². The predicted octanol–water partition coefficient (Wildman–Crippen LogP) is 3.80. The second-order valence-electron chi connectivity index (χ2n) is 6.69. The summed E-state index contributed by atoms with van der Waals surface area (Å²) in [5.41, 5.74) is 0.563. The molecule has 0 bridgehead atoms. The molecule has 0 fully saturated rings. The summed E-state index contributed by atoms with van der Waals surface area (Å²) < 4.78 is 25.3. The molecule has 0 aromatic heterocycles. The molecule has 0 saturated heterocycles. The molecule has 2 aromatic rings. The highest BCUT2D eigenvalue weighted by atomic mass is 19.1. The van der Waals surface area contributed by atoms with Crippen molar-refractivity contribution in [2.75, 3.05) is 24.8 Å². The van der Waals surface area contributed by atoms with Crippen molar-refractivity contribution >= 4 is 5.69 Å². The molecule has 2 heterocycles. The van der Waals surface area contributed by atoms with Gasteiger partial charge in [0.1, 0.15) is 11.4 Å². The van der Waals surface area contributed by atoms with Gasteiger partial charge in [0.05, 0.1) is 12.2 Å². The van der Waals surface area contributed by atoms with E-state index in [1.165, 1.54) is 6.07 Å². The lowest BCUT2D eigenvalue weighted by Crippen LogP contribution is -2.35. The topological polar surface area (TPSA) is 41.9 Å². The van der Waals surface area contributed by atoms with Crippen LogP contribution in [0.5, 0.6) is 11.5 Å². The van der Waals surface area contributed by atoms with Gasteiger partial charge in [-0.2, -0.15) is 0 Å². The van der Waals surface area contributed by atoms with Crippen molar-refractivity contribution in [1.82, 2.24) is 0 Å². The highest BCUT2D eigenvalue weighted by Gasteiger charge is 2.44. The van der Waals surface area contributed by atoms with Crippen molar-refractivity contribution in [3.8, 4) is 11.5 Å². The minimum Gasteiger partial charge on any atom is -0.454 e. The highest BCUT2D eigenvalue weighted by molar-refractivity contribution is 5.66. The molecule has 0 saturated carbocycles. The molecule has 2 aliphatic heterocycles. The summed E-state index contributed by atoms with van der Waals surface area (Å²) in [7, 11) is 0. The van der Waals surface area contributed by atoms with E-state index in [2.05, 4.69) is 6.92 Å². The Kier molecular flexibility index (Phi) is 4.04. The number of anilines is 1. The van der Waals surface area contributed by atoms with Crippen LogP contribution in [-0.4, -0.2) is 25.0 Å². The molecule has 25 heavy (non-hydrogen) atoms. The number of hydrogen-bond donors (Lipinski definition) is 1. The van der Waals surface area contributed by atoms with E-state index in [4.69, 9.17) is 9.47 Å². The average Bonchev–Trinajstić information content (AvgIpc) is 3.19. The molecule has 1 unspecified atom stereocenters. The molecule has 2 aliphatic rings. The number of rotatable bonds is 5. The van der Waals surface area contributed by atoms with Gasteiger partial charge in [0, 0.05) is 12.1 Å². The van der Waals surface area contributed by atoms with E-state index in [1.807, 2.05) is 17.0 Å². The Bertz CT molecular complexity index is 795. The third-order valence-electron chi connectivity index (χ3n) is 5.05. The summed E-state index contributed by atoms with van der Waals surface area (Å²) in [6.07, 6.45) is 3.16. The van der Waals surface area contributed by atoms with Crippen LogP contribution in [0, 0.1) is 5.82 Å². The summed E-state index contributed by atoms with van der Waals surface area (Å²) in [4.78, 5) is 1.96. The fraction of sp³-hybridized carbons (Fsp3) is 0.400. The van der Waals surface area contributed by atoms with Gasteiger partial charge in [-0.3, -0.25) is 0 Å². The molecule has 1 atom stereocenters. The van der Waals surface area contributed by atoms with Crippen LogP contribution in [0.1, 0.15) is 37.3 Å². The molecular formula is C20H22FNO3. The summed E-state index contributed by atoms with van der Waals surface area (Å²) in [6, 6.07) is 10.3. The lowest BCUT2D eigenvalue weighted by Gasteiger charge is -2.26. The van der Waals surface area contributed by atoms with Crippen LogP contribution in [0.15, 0.2) is 36.4 Å². The zero-order valence-electron chi connectivity index (χ0n) is 14.3. The van der Waals surface area contributed by atoms with Crippen LogP contribution in [0.3, 0.4) is 0 Å². The average molecular weight is 343 g/mol. The summed E-state index contributed by atoms with van der Waals surface area (Å²) in [6.45, 7) is 3.40. The molecule has 5 heteroatoms. The molecule has 2 aromatic carbocycles. The molecule has 1 N–H and O–H groups in total. The van der Waals surface area contributed by atoms with Gasteiger partial charge >= 0.3 is 0 Å². The minimum absolute atomic E-state index is 0.186. The number of aliphatic hydroxyl groups is 1. The van der Waals surface area contributed by atoms with Gasteiger partial charge in [-0.1, -0.05) is 38.0 Å². The largest absolute Gasteiger partial charge is 0.454 e. The minimum atomic E-state index is -1.26. The van der Waals surface area contributed by atoms with E-state index in [0.717, 1.165) is 25.8 Å². The van der Waals surface area contributed by atoms with Crippen molar-refractivity contribution in [3.63, 3.8) is 0 Å². The molecular weight excluding hydrogens is 321 g/mol. The molecule has 4 rings (SSSR count). The van der Waals surface area contributed by atoms with Gasteiger partial charge < -0.3 is 19.5 Å². The summed E-state index contributed by atoms with van der Waals surface area (Å²) in [5.74, 6) is 1.00. The standard InChI is InChI=1S/C20H22FNO3/c1-2-3-4-10-22-12-20(23,15-6-5-7-16(21)19(15)22)14-8-9-17-18(11-14)25-13-24-17/h5-9,11,23H,2-4,10,12-13H2,1H3. The highest BCUT2D eigenvalue weighted by Crippen LogP contribution is 2.46. The number of β-amino-alcohol motifs (C(OH)–C–C–N with tert-alkyl or cyclic N) is 1. The Morgan fingerprint density at radius 2 is 2.00 bits per heavy atom. The fourth-order valence-corrected chi connectivity index (χ4v) is 3.76. The number of ether oxygens (including phenoxy) is 2. The number of nitrogens with zero attached hydrogens (tertiary/aromatic N) is 1. The van der Waals surface area contributed by atoms with Crippen LogP contribution < -0.4 is 14.4 Å². The quantitative estimate of drug-likeness (QED) is 0.839. The molecule has 0 aliphatic carbocycles. The number of fused-ring (bicyclic) bond motifs is 2. The molecule has 0 spiro atoms. The zero-order chi connectivity index (χ0) is 17.4. The van der Waals surface area contributed by atoms with Crippen molar-refractivity contribution < 1.29 is 19.0 Å². The summed E-state index contributed by atoms with van der Waals surface area (Å²) >= 11 is 0. The first kappa shape index (κ1) is 16.2. The van der Waals surface area contributed by atoms with Crippen LogP contribution in [0.4, 0.5) is 10.1 Å². The molecule has 0 radical (unpaired) electrons. The number of benzene rings is 2. The molecule has 0 amide bonds. The van der Waals surface area contributed by atoms with Gasteiger partial charge in [-0.05, 0) is 30.2 Å². The van der Waals surface area contributed by atoms with Gasteiger partial charge in [-0.15, -0.1) is 0 Å². The second-order valence-corrected chi connectivity index (χ2v) is 6.69. The van der Waals surface area contributed by atoms with Gasteiger partial charge in [0.15, 0.2) is 11.5 Å². The van der Waals surface area contributed by atoms with Gasteiger partial charge in [0.25, 0.3) is 0 Å². The van der Waals surface area contributed by atoms with Crippen LogP contribution in [0.2, 0.25) is 0 Å². The van der Waals surface area contributed by atoms with E-state index in [-0.39, 0.29) is 12.6 Å². The monoisotopic (exact) mass is 343 g/mol. The number of halogens is 1. The molecule has 132 valence electrons. The number of hydrogen-bond acceptors (Lipinski definition) is 4. The number of para-hydroxylation sites is 1. The normalized spacial score (nSPS) is 20.8. The molecule has 4 nitrogen and oxygen atoms in total. The lowest BCUT2D eigenvalue weighted by atomic mass is 9.88. The van der Waals surface area contributed by atoms with Gasteiger partial charge in [0.2, 0.25) is 6.79 Å². The maximum atomic E-state index is 14.5. The van der Waals surface area contributed by atoms with Crippen LogP contribution in [-0.2, 0) is 5.60 Å². The smallest absolute Gasteiger partial charge is 0.231 e. The zero-order valence-corrected chi connectivity index (χ0v) is 14.3. The van der Waals surface area contributed by atoms with E-state index >= 15 is 0 Å². The SMILES string of the molecule is CCCCCN1CC(O)(c2ccc3c(c2)OCO3)c2cccc(F)c21. The maximum Gasteiger partial charge on any atom is 0.231 e. The Labute approximate surface area is 146 Å². The first-order valence-corrected chi connectivity index (χ1v) is 8.80. The van der Waals surface area contributed by atoms with Crippen molar-refractivity contribution in [1.29, 1.82) is 0 Å². The Balaban J connectivity index is 1.74. The fourth-order valence-electron chi connectivity index (χ4n) is 3.76. The van der Waals surface area contributed by atoms with Gasteiger partial charge in [-0.25, -0.2) is 4.39 Å². The van der Waals surface area contributed by atoms with E-state index in [1.54, 1.807) is 18.2 Å². The predicted molar refractivity (Wildman–Crippen MR) is 93.7 cm³/mol. The maximum absolute atomic E-state index is 14.5. The van der Waals surface area contributed by atoms with E-state index in [9.17, 15) is 9.50 Å². The van der Waals surface area contributed by atoms with Crippen LogP contribution in [0.25, 0.3) is 0 Å². The third kappa shape index (κ3) is 2.63. The Morgan fingerprint density at radius 1 is 1.16 bits per heavy atom. The van der Waals surface area contributed by atoms with Crippen molar-refractivity contribution in [2.24, 2.45) is 0 Å². The first-order chi connectivity index (χ1) is 12.1. The van der Waals surface area contributed by atoms with E-state index in [0.29, 0.717) is 34.9 Å². The second kappa shape index (κ2) is 6.23. The van der Waals surface area contributed by atoms with Crippen molar-refractivity contribution in [3.05, 3.63) is 53.3 Å². The third-order valence-corrected chi connectivity index (χ3v) is 5.05. The van der Waals surface area contributed by atoms with Crippen molar-refractivity contribution in [2.45, 2.75) is 31.8 Å². The number of unbranched alkanes of at least 4 members (excludes halogenated alkanes) is 2.